The Bertz CT molecular complexity index is 1860. The van der Waals surface area contributed by atoms with E-state index in [1.165, 1.54) is 43.9 Å². The summed E-state index contributed by atoms with van der Waals surface area (Å²) in [6.45, 7) is 0.218. The molecule has 1 aliphatic carbocycles. The number of carbonyl (C=O) groups excluding carboxylic acids is 1. The molecule has 0 aliphatic heterocycles. The van der Waals surface area contributed by atoms with Crippen LogP contribution in [-0.2, 0) is 25.5 Å². The summed E-state index contributed by atoms with van der Waals surface area (Å²) in [6.07, 6.45) is 6.25. The molecular weight excluding hydrogens is 671 g/mol. The number of aromatic nitrogens is 7. The average molecular weight is 704 g/mol. The number of sulfone groups is 1. The highest BCUT2D eigenvalue weighted by Gasteiger charge is 2.37. The van der Waals surface area contributed by atoms with E-state index in [9.17, 15) is 26.4 Å². The molecule has 4 aromatic heterocycles. The molecule has 0 radical (unpaired) electrons. The van der Waals surface area contributed by atoms with Crippen molar-refractivity contribution in [2.75, 3.05) is 43.9 Å². The van der Waals surface area contributed by atoms with Crippen LogP contribution in [0.25, 0.3) is 22.5 Å². The molecule has 1 fully saturated rings. The number of carbonyl (C=O) groups is 1. The maximum Gasteiger partial charge on any atom is 0.419 e. The maximum atomic E-state index is 13.9. The molecule has 19 heteroatoms. The summed E-state index contributed by atoms with van der Waals surface area (Å²) in [5.41, 5.74) is -0.706. The zero-order valence-electron chi connectivity index (χ0n) is 26.6. The zero-order chi connectivity index (χ0) is 35.2. The summed E-state index contributed by atoms with van der Waals surface area (Å²) < 4.78 is 81.2. The quantitative estimate of drug-likeness (QED) is 0.219. The van der Waals surface area contributed by atoms with Crippen LogP contribution in [0.5, 0.6) is 6.01 Å². The van der Waals surface area contributed by atoms with Crippen LogP contribution in [0.1, 0.15) is 31.2 Å². The van der Waals surface area contributed by atoms with E-state index in [0.29, 0.717) is 43.1 Å². The van der Waals surface area contributed by atoms with Crippen LogP contribution in [0.3, 0.4) is 0 Å². The van der Waals surface area contributed by atoms with E-state index in [0.717, 1.165) is 24.7 Å². The number of alkyl halides is 3. The van der Waals surface area contributed by atoms with Crippen molar-refractivity contribution >= 4 is 27.7 Å². The lowest BCUT2D eigenvalue weighted by Gasteiger charge is -2.35. The number of nitrogens with one attached hydrogen (secondary N) is 1. The van der Waals surface area contributed by atoms with Crippen molar-refractivity contribution in [1.82, 2.24) is 34.9 Å². The van der Waals surface area contributed by atoms with E-state index in [4.69, 9.17) is 14.2 Å². The van der Waals surface area contributed by atoms with E-state index >= 15 is 0 Å². The molecule has 1 N–H and O–H groups in total. The van der Waals surface area contributed by atoms with Crippen molar-refractivity contribution < 1.29 is 40.6 Å². The van der Waals surface area contributed by atoms with Crippen LogP contribution in [0.15, 0.2) is 54.3 Å². The topological polar surface area (TPSA) is 184 Å². The van der Waals surface area contributed by atoms with Gasteiger partial charge in [0.05, 0.1) is 42.4 Å². The molecule has 0 bridgehead atoms. The second-order valence-corrected chi connectivity index (χ2v) is 13.0. The zero-order valence-corrected chi connectivity index (χ0v) is 27.4. The van der Waals surface area contributed by atoms with Crippen molar-refractivity contribution in [3.8, 4) is 28.5 Å². The van der Waals surface area contributed by atoms with Gasteiger partial charge in [0.25, 0.3) is 0 Å². The van der Waals surface area contributed by atoms with Gasteiger partial charge in [-0.05, 0) is 31.7 Å². The average Bonchev–Trinajstić information content (AvgIpc) is 3.09. The number of methoxy groups -OCH3 is 2. The Balaban J connectivity index is 1.33. The fourth-order valence-corrected chi connectivity index (χ4v) is 5.74. The van der Waals surface area contributed by atoms with Crippen LogP contribution in [0.2, 0.25) is 0 Å². The van der Waals surface area contributed by atoms with E-state index in [-0.39, 0.29) is 53.5 Å². The van der Waals surface area contributed by atoms with Gasteiger partial charge in [-0.25, -0.2) is 38.1 Å². The van der Waals surface area contributed by atoms with Crippen LogP contribution < -0.4 is 15.0 Å². The Morgan fingerprint density at radius 3 is 2.27 bits per heavy atom. The third-order valence-electron chi connectivity index (χ3n) is 7.61. The molecule has 15 nitrogen and oxygen atoms in total. The van der Waals surface area contributed by atoms with Crippen molar-refractivity contribution in [2.24, 2.45) is 0 Å². The number of nitrogens with zero attached hydrogens (tertiary/aromatic N) is 8. The Morgan fingerprint density at radius 1 is 0.918 bits per heavy atom. The van der Waals surface area contributed by atoms with Crippen LogP contribution in [0.4, 0.5) is 29.7 Å². The van der Waals surface area contributed by atoms with Gasteiger partial charge in [0.15, 0.2) is 15.7 Å². The fourth-order valence-electron chi connectivity index (χ4n) is 5.15. The summed E-state index contributed by atoms with van der Waals surface area (Å²) in [5.74, 6) is 0.189. The predicted octanol–water partition coefficient (Wildman–Crippen LogP) is 4.23. The van der Waals surface area contributed by atoms with Gasteiger partial charge in [-0.2, -0.15) is 13.2 Å². The summed E-state index contributed by atoms with van der Waals surface area (Å²) in [5, 5.41) is 3.09. The monoisotopic (exact) mass is 703 g/mol. The lowest BCUT2D eigenvalue weighted by Crippen LogP contribution is -2.45. The van der Waals surface area contributed by atoms with Crippen LogP contribution >= 0.6 is 0 Å². The highest BCUT2D eigenvalue weighted by molar-refractivity contribution is 7.90. The van der Waals surface area contributed by atoms with Gasteiger partial charge in [0.2, 0.25) is 5.95 Å². The van der Waals surface area contributed by atoms with Crippen LogP contribution in [0, 0.1) is 0 Å². The maximum absolute atomic E-state index is 13.9. The molecule has 0 atom stereocenters. The Kier molecular flexibility index (Phi) is 10.8. The second-order valence-electron chi connectivity index (χ2n) is 11.0. The van der Waals surface area contributed by atoms with E-state index in [2.05, 4.69) is 40.2 Å². The Labute approximate surface area is 279 Å². The number of ether oxygens (including phenoxy) is 3. The Hall–Kier alpha value is -5.04. The van der Waals surface area contributed by atoms with E-state index < -0.39 is 33.4 Å². The van der Waals surface area contributed by atoms with Crippen molar-refractivity contribution in [3.05, 3.63) is 55.0 Å². The molecule has 0 aromatic carbocycles. The number of amides is 1. The minimum Gasteiger partial charge on any atom is -0.467 e. The SMILES string of the molecule is COCCOC(=O)N(c1cnc(-c2cnc(OC)nc2)cn1)[C@H]1CC[C@H](Nc2ncc(C(F)(F)F)c(-c3cncc(S(C)(=O)=O)c3)n2)CC1. The second kappa shape index (κ2) is 15.0. The van der Waals surface area contributed by atoms with Crippen LogP contribution in [-0.4, -0.2) is 95.2 Å². The number of hydrogen-bond acceptors (Lipinski definition) is 14. The molecule has 4 aromatic rings. The van der Waals surface area contributed by atoms with E-state index in [1.807, 2.05) is 0 Å². The molecule has 1 aliphatic rings. The lowest BCUT2D eigenvalue weighted by atomic mass is 9.90. The van der Waals surface area contributed by atoms with E-state index in [1.54, 1.807) is 0 Å². The van der Waals surface area contributed by atoms with Gasteiger partial charge in [-0.15, -0.1) is 0 Å². The number of pyridine rings is 1. The number of rotatable bonds is 11. The number of halogens is 3. The third kappa shape index (κ3) is 8.71. The normalized spacial score (nSPS) is 16.5. The summed E-state index contributed by atoms with van der Waals surface area (Å²) in [6, 6.07) is 0.697. The fraction of sp³-hybridized carbons (Fsp3) is 0.400. The molecule has 0 saturated heterocycles. The molecule has 4 heterocycles. The van der Waals surface area contributed by atoms with Gasteiger partial charge >= 0.3 is 18.3 Å². The van der Waals surface area contributed by atoms with Gasteiger partial charge in [0.1, 0.15) is 12.2 Å². The first-order valence-corrected chi connectivity index (χ1v) is 16.8. The number of anilines is 2. The first-order valence-electron chi connectivity index (χ1n) is 14.9. The molecule has 1 saturated carbocycles. The van der Waals surface area contributed by atoms with Gasteiger partial charge < -0.3 is 19.5 Å². The Morgan fingerprint density at radius 2 is 1.65 bits per heavy atom. The number of hydrogen-bond donors (Lipinski definition) is 1. The lowest BCUT2D eigenvalue weighted by molar-refractivity contribution is -0.137. The smallest absolute Gasteiger partial charge is 0.419 e. The van der Waals surface area contributed by atoms with Crippen molar-refractivity contribution in [1.29, 1.82) is 0 Å². The minimum absolute atomic E-state index is 0.0215. The van der Waals surface area contributed by atoms with Crippen molar-refractivity contribution in [2.45, 2.75) is 48.8 Å². The van der Waals surface area contributed by atoms with Gasteiger partial charge in [0, 0.05) is 67.6 Å². The van der Waals surface area contributed by atoms with Gasteiger partial charge in [-0.1, -0.05) is 0 Å². The first kappa shape index (κ1) is 35.3. The van der Waals surface area contributed by atoms with Gasteiger partial charge in [-0.3, -0.25) is 14.9 Å². The summed E-state index contributed by atoms with van der Waals surface area (Å²) in [4.78, 5) is 43.4. The highest BCUT2D eigenvalue weighted by Crippen LogP contribution is 2.37. The molecule has 260 valence electrons. The molecule has 5 rings (SSSR count). The largest absolute Gasteiger partial charge is 0.467 e. The summed E-state index contributed by atoms with van der Waals surface area (Å²) >= 11 is 0. The molecule has 0 unspecified atom stereocenters. The molecule has 1 amide bonds. The predicted molar refractivity (Wildman–Crippen MR) is 168 cm³/mol. The standard InChI is InChI=1S/C30H32F3N9O6S/c1-46-8-9-48-29(43)42(25-17-35-24(16-36-25)19-12-38-28(47-2)39-13-19)21-6-4-20(5-7-21)40-27-37-15-23(30(31,32)33)26(41-27)18-10-22(14-34-11-18)49(3,44)45/h10-17,20-21H,4-9H2,1-3H3,(H,37,40,41)/t20-,21-. The molecule has 49 heavy (non-hydrogen) atoms. The summed E-state index contributed by atoms with van der Waals surface area (Å²) in [7, 11) is -0.802. The third-order valence-corrected chi connectivity index (χ3v) is 8.68. The molecule has 0 spiro atoms. The first-order chi connectivity index (χ1) is 23.4. The minimum atomic E-state index is -4.81. The van der Waals surface area contributed by atoms with Crippen molar-refractivity contribution in [3.63, 3.8) is 0 Å². The highest BCUT2D eigenvalue weighted by atomic mass is 32.2. The molecular formula is C30H32F3N9O6S.